The van der Waals surface area contributed by atoms with E-state index in [0.717, 1.165) is 31.5 Å². The minimum atomic E-state index is -0.613. The summed E-state index contributed by atoms with van der Waals surface area (Å²) in [5.74, 6) is 0.534. The minimum absolute atomic E-state index is 0.0597. The van der Waals surface area contributed by atoms with Crippen molar-refractivity contribution in [2.24, 2.45) is 5.92 Å². The molecule has 3 heterocycles. The fraction of sp³-hybridized carbons (Fsp3) is 0.565. The molecular formula is C23H33ClN6O3. The van der Waals surface area contributed by atoms with E-state index in [1.807, 2.05) is 19.9 Å². The molecule has 0 atom stereocenters. The number of nitrogens with two attached hydrogens (primary N) is 1. The van der Waals surface area contributed by atoms with Crippen LogP contribution in [0, 0.1) is 5.92 Å². The molecule has 0 radical (unpaired) electrons. The van der Waals surface area contributed by atoms with Crippen LogP contribution in [0.1, 0.15) is 52.4 Å². The molecule has 1 fully saturated rings. The van der Waals surface area contributed by atoms with Gasteiger partial charge in [-0.1, -0.05) is 38.3 Å². The van der Waals surface area contributed by atoms with Crippen LogP contribution in [0.4, 0.5) is 17.3 Å². The van der Waals surface area contributed by atoms with Crippen LogP contribution in [0.15, 0.2) is 27.9 Å². The van der Waals surface area contributed by atoms with E-state index in [2.05, 4.69) is 14.9 Å². The smallest absolute Gasteiger partial charge is 0.330 e. The number of carbonyl (C=O) groups is 1. The van der Waals surface area contributed by atoms with E-state index in [9.17, 15) is 14.4 Å². The number of halogens is 1. The van der Waals surface area contributed by atoms with Gasteiger partial charge in [-0.25, -0.2) is 9.78 Å². The van der Waals surface area contributed by atoms with Crippen molar-refractivity contribution in [1.82, 2.24) is 14.5 Å². The third-order valence-electron chi connectivity index (χ3n) is 6.10. The summed E-state index contributed by atoms with van der Waals surface area (Å²) < 4.78 is 1.36. The first-order chi connectivity index (χ1) is 15.9. The van der Waals surface area contributed by atoms with Gasteiger partial charge in [0.25, 0.3) is 5.56 Å². The lowest BCUT2D eigenvalue weighted by Gasteiger charge is -2.35. The number of nitrogens with one attached hydrogen (secondary N) is 1. The molecule has 0 unspecified atom stereocenters. The number of H-pyrrole nitrogens is 1. The second-order valence-corrected chi connectivity index (χ2v) is 8.87. The van der Waals surface area contributed by atoms with E-state index in [4.69, 9.17) is 17.3 Å². The summed E-state index contributed by atoms with van der Waals surface area (Å²) >= 11 is 5.93. The number of pyridine rings is 1. The maximum atomic E-state index is 13.6. The van der Waals surface area contributed by atoms with Crippen LogP contribution < -0.4 is 26.8 Å². The molecule has 1 aliphatic heterocycles. The molecule has 2 aromatic heterocycles. The Bertz CT molecular complexity index is 1060. The zero-order valence-corrected chi connectivity index (χ0v) is 20.1. The summed E-state index contributed by atoms with van der Waals surface area (Å²) in [5, 5.41) is 0.582. The first kappa shape index (κ1) is 24.8. The molecule has 0 aliphatic carbocycles. The van der Waals surface area contributed by atoms with Crippen LogP contribution in [-0.2, 0) is 11.3 Å². The molecule has 0 bridgehead atoms. The highest BCUT2D eigenvalue weighted by atomic mass is 35.5. The number of aromatic nitrogens is 3. The number of piperidine rings is 1. The summed E-state index contributed by atoms with van der Waals surface area (Å²) in [6, 6.07) is 3.67. The minimum Gasteiger partial charge on any atom is -0.383 e. The van der Waals surface area contributed by atoms with E-state index in [1.165, 1.54) is 9.47 Å². The zero-order valence-electron chi connectivity index (χ0n) is 19.3. The van der Waals surface area contributed by atoms with Gasteiger partial charge in [-0.05, 0) is 37.8 Å². The molecule has 0 spiro atoms. The summed E-state index contributed by atoms with van der Waals surface area (Å²) in [7, 11) is 0. The fourth-order valence-electron chi connectivity index (χ4n) is 4.16. The second kappa shape index (κ2) is 11.4. The van der Waals surface area contributed by atoms with Gasteiger partial charge in [0, 0.05) is 38.3 Å². The van der Waals surface area contributed by atoms with E-state index < -0.39 is 11.2 Å². The topological polar surface area (TPSA) is 117 Å². The second-order valence-electron chi connectivity index (χ2n) is 8.44. The van der Waals surface area contributed by atoms with Gasteiger partial charge in [0.15, 0.2) is 5.69 Å². The largest absolute Gasteiger partial charge is 0.383 e. The van der Waals surface area contributed by atoms with Crippen molar-refractivity contribution in [2.45, 2.75) is 58.9 Å². The number of nitrogen functional groups attached to an aromatic ring is 1. The Labute approximate surface area is 198 Å². The summed E-state index contributed by atoms with van der Waals surface area (Å²) in [5.41, 5.74) is 5.23. The Hall–Kier alpha value is -2.81. The van der Waals surface area contributed by atoms with E-state index in [1.54, 1.807) is 12.3 Å². The van der Waals surface area contributed by atoms with Gasteiger partial charge in [-0.3, -0.25) is 19.1 Å². The van der Waals surface area contributed by atoms with Crippen molar-refractivity contribution in [1.29, 1.82) is 0 Å². The number of hydrogen-bond donors (Lipinski definition) is 2. The number of unbranched alkanes of at least 4 members (excludes halogenated alkanes) is 2. The molecule has 1 saturated heterocycles. The van der Waals surface area contributed by atoms with Crippen molar-refractivity contribution in [2.75, 3.05) is 35.2 Å². The number of nitrogens with zero attached hydrogens (tertiary/aromatic N) is 4. The van der Waals surface area contributed by atoms with Crippen LogP contribution in [-0.4, -0.2) is 40.1 Å². The van der Waals surface area contributed by atoms with Crippen molar-refractivity contribution in [3.8, 4) is 0 Å². The molecule has 0 saturated carbocycles. The Morgan fingerprint density at radius 2 is 1.91 bits per heavy atom. The van der Waals surface area contributed by atoms with Gasteiger partial charge in [0.1, 0.15) is 11.6 Å². The molecule has 3 N–H and O–H groups in total. The number of hydrogen-bond acceptors (Lipinski definition) is 6. The highest BCUT2D eigenvalue weighted by Crippen LogP contribution is 2.27. The van der Waals surface area contributed by atoms with Gasteiger partial charge < -0.3 is 15.5 Å². The first-order valence-electron chi connectivity index (χ1n) is 11.7. The van der Waals surface area contributed by atoms with Gasteiger partial charge in [0.2, 0.25) is 5.91 Å². The van der Waals surface area contributed by atoms with Crippen molar-refractivity contribution in [3.63, 3.8) is 0 Å². The molecule has 9 nitrogen and oxygen atoms in total. The lowest BCUT2D eigenvalue weighted by Crippen LogP contribution is -2.46. The van der Waals surface area contributed by atoms with Gasteiger partial charge in [0.05, 0.1) is 5.02 Å². The first-order valence-corrected chi connectivity index (χ1v) is 12.1. The summed E-state index contributed by atoms with van der Waals surface area (Å²) in [6.45, 7) is 6.16. The van der Waals surface area contributed by atoms with E-state index in [0.29, 0.717) is 44.0 Å². The Morgan fingerprint density at radius 3 is 2.52 bits per heavy atom. The number of rotatable bonds is 9. The highest BCUT2D eigenvalue weighted by molar-refractivity contribution is 6.30. The van der Waals surface area contributed by atoms with Crippen LogP contribution in [0.5, 0.6) is 0 Å². The standard InChI is InChI=1S/C23H33ClN6O3/c1-3-5-11-29(19-20(25)30(12-6-4-2)23(33)27-21(19)31)22(32)16-9-13-28(14-10-16)18-8-7-17(24)15-26-18/h7-8,15-16H,3-6,9-14,25H2,1-2H3,(H,27,31,33). The molecule has 1 aliphatic rings. The monoisotopic (exact) mass is 476 g/mol. The average Bonchev–Trinajstić information content (AvgIpc) is 2.81. The quantitative estimate of drug-likeness (QED) is 0.574. The molecule has 2 aromatic rings. The molecule has 180 valence electrons. The Balaban J connectivity index is 1.83. The van der Waals surface area contributed by atoms with Gasteiger partial charge >= 0.3 is 5.69 Å². The Morgan fingerprint density at radius 1 is 1.21 bits per heavy atom. The predicted molar refractivity (Wildman–Crippen MR) is 132 cm³/mol. The lowest BCUT2D eigenvalue weighted by molar-refractivity contribution is -0.123. The van der Waals surface area contributed by atoms with Gasteiger partial charge in [-0.2, -0.15) is 0 Å². The molecule has 33 heavy (non-hydrogen) atoms. The van der Waals surface area contributed by atoms with Crippen molar-refractivity contribution < 1.29 is 4.79 Å². The lowest BCUT2D eigenvalue weighted by atomic mass is 9.94. The predicted octanol–water partition coefficient (Wildman–Crippen LogP) is 3.02. The van der Waals surface area contributed by atoms with E-state index >= 15 is 0 Å². The number of aromatic amines is 1. The highest BCUT2D eigenvalue weighted by Gasteiger charge is 2.32. The Kier molecular flexibility index (Phi) is 8.55. The summed E-state index contributed by atoms with van der Waals surface area (Å²) in [4.78, 5) is 49.0. The number of amides is 1. The third-order valence-corrected chi connectivity index (χ3v) is 6.32. The van der Waals surface area contributed by atoms with Crippen LogP contribution in [0.25, 0.3) is 0 Å². The molecule has 10 heteroatoms. The van der Waals surface area contributed by atoms with Crippen LogP contribution >= 0.6 is 11.6 Å². The summed E-state index contributed by atoms with van der Waals surface area (Å²) in [6.07, 6.45) is 6.10. The molecule has 1 amide bonds. The SMILES string of the molecule is CCCCN(C(=O)C1CCN(c2ccc(Cl)cn2)CC1)c1c(N)n(CCCC)c(=O)[nH]c1=O. The molecule has 0 aromatic carbocycles. The third kappa shape index (κ3) is 5.76. The average molecular weight is 477 g/mol. The van der Waals surface area contributed by atoms with Gasteiger partial charge in [-0.15, -0.1) is 0 Å². The normalized spacial score (nSPS) is 14.5. The maximum Gasteiger partial charge on any atom is 0.330 e. The van der Waals surface area contributed by atoms with Crippen LogP contribution in [0.3, 0.4) is 0 Å². The molecule has 3 rings (SSSR count). The number of anilines is 3. The number of carbonyl (C=O) groups excluding carboxylic acids is 1. The zero-order chi connectivity index (χ0) is 24.0. The van der Waals surface area contributed by atoms with Crippen molar-refractivity contribution in [3.05, 3.63) is 44.2 Å². The van der Waals surface area contributed by atoms with Crippen molar-refractivity contribution >= 4 is 34.8 Å². The molecular weight excluding hydrogens is 444 g/mol. The fourth-order valence-corrected chi connectivity index (χ4v) is 4.27. The van der Waals surface area contributed by atoms with Crippen LogP contribution in [0.2, 0.25) is 5.02 Å². The maximum absolute atomic E-state index is 13.6. The van der Waals surface area contributed by atoms with E-state index in [-0.39, 0.29) is 23.3 Å².